The minimum Gasteiger partial charge on any atom is -0.369 e. The van der Waals surface area contributed by atoms with Crippen LogP contribution in [0.1, 0.15) is 26.7 Å². The average molecular weight is 210 g/mol. The van der Waals surface area contributed by atoms with Crippen molar-refractivity contribution in [3.63, 3.8) is 0 Å². The number of aromatic amines is 1. The summed E-state index contributed by atoms with van der Waals surface area (Å²) >= 11 is 0. The molecule has 0 aliphatic rings. The first-order valence-electron chi connectivity index (χ1n) is 5.29. The quantitative estimate of drug-likeness (QED) is 0.759. The molecule has 0 saturated heterocycles. The van der Waals surface area contributed by atoms with Crippen LogP contribution in [0.2, 0.25) is 0 Å². The van der Waals surface area contributed by atoms with E-state index in [1.807, 2.05) is 0 Å². The second kappa shape index (κ2) is 5.38. The molecule has 0 amide bonds. The van der Waals surface area contributed by atoms with Crippen LogP contribution in [-0.2, 0) is 0 Å². The first kappa shape index (κ1) is 11.6. The number of nitrogens with two attached hydrogens (primary N) is 1. The fraction of sp³-hybridized carbons (Fsp3) is 0.600. The third kappa shape index (κ3) is 3.27. The highest BCUT2D eigenvalue weighted by Crippen LogP contribution is 2.09. The smallest absolute Gasteiger partial charge is 0.254 e. The largest absolute Gasteiger partial charge is 0.369 e. The topological polar surface area (TPSA) is 75.0 Å². The molecule has 5 heteroatoms. The monoisotopic (exact) mass is 210 g/mol. The maximum absolute atomic E-state index is 11.2. The van der Waals surface area contributed by atoms with Gasteiger partial charge in [0.15, 0.2) is 0 Å². The lowest BCUT2D eigenvalue weighted by Gasteiger charge is -2.22. The van der Waals surface area contributed by atoms with E-state index in [1.54, 1.807) is 0 Å². The Kier molecular flexibility index (Phi) is 4.15. The van der Waals surface area contributed by atoms with Crippen molar-refractivity contribution >= 4 is 11.8 Å². The van der Waals surface area contributed by atoms with Crippen LogP contribution in [0.25, 0.3) is 0 Å². The lowest BCUT2D eigenvalue weighted by molar-refractivity contribution is 0.732. The van der Waals surface area contributed by atoms with Gasteiger partial charge in [0.1, 0.15) is 5.82 Å². The van der Waals surface area contributed by atoms with Crippen LogP contribution in [0, 0.1) is 0 Å². The zero-order valence-corrected chi connectivity index (χ0v) is 9.29. The van der Waals surface area contributed by atoms with E-state index in [1.165, 1.54) is 6.07 Å². The van der Waals surface area contributed by atoms with Crippen LogP contribution in [0.4, 0.5) is 11.8 Å². The summed E-state index contributed by atoms with van der Waals surface area (Å²) in [6.07, 6.45) is 2.04. The molecule has 5 nitrogen and oxygen atoms in total. The second-order valence-electron chi connectivity index (χ2n) is 3.48. The van der Waals surface area contributed by atoms with E-state index in [2.05, 4.69) is 28.7 Å². The molecule has 1 rings (SSSR count). The van der Waals surface area contributed by atoms with E-state index >= 15 is 0 Å². The van der Waals surface area contributed by atoms with Crippen molar-refractivity contribution in [2.75, 3.05) is 23.7 Å². The lowest BCUT2D eigenvalue weighted by Crippen LogP contribution is -2.28. The first-order valence-corrected chi connectivity index (χ1v) is 5.29. The molecule has 0 aliphatic heterocycles. The van der Waals surface area contributed by atoms with Gasteiger partial charge in [0.05, 0.1) is 0 Å². The number of nitrogen functional groups attached to an aromatic ring is 1. The third-order valence-corrected chi connectivity index (χ3v) is 2.06. The highest BCUT2D eigenvalue weighted by molar-refractivity contribution is 5.40. The third-order valence-electron chi connectivity index (χ3n) is 2.06. The van der Waals surface area contributed by atoms with Crippen molar-refractivity contribution in [3.05, 3.63) is 16.4 Å². The number of H-pyrrole nitrogens is 1. The molecule has 1 heterocycles. The Morgan fingerprint density at radius 1 is 1.40 bits per heavy atom. The van der Waals surface area contributed by atoms with Gasteiger partial charge in [-0.25, -0.2) is 0 Å². The summed E-state index contributed by atoms with van der Waals surface area (Å²) in [4.78, 5) is 19.9. The predicted molar refractivity (Wildman–Crippen MR) is 62.1 cm³/mol. The SMILES string of the molecule is CCCN(CCC)c1cc(=O)[nH]c(N)n1. The van der Waals surface area contributed by atoms with Crippen LogP contribution < -0.4 is 16.2 Å². The zero-order chi connectivity index (χ0) is 11.3. The van der Waals surface area contributed by atoms with Gasteiger partial charge in [0.2, 0.25) is 5.95 Å². The summed E-state index contributed by atoms with van der Waals surface area (Å²) in [7, 11) is 0. The number of hydrogen-bond donors (Lipinski definition) is 2. The van der Waals surface area contributed by atoms with Crippen molar-refractivity contribution in [2.45, 2.75) is 26.7 Å². The van der Waals surface area contributed by atoms with Gasteiger partial charge in [-0.1, -0.05) is 13.8 Å². The molecule has 3 N–H and O–H groups in total. The number of aromatic nitrogens is 2. The second-order valence-corrected chi connectivity index (χ2v) is 3.48. The molecular weight excluding hydrogens is 192 g/mol. The Hall–Kier alpha value is -1.52. The van der Waals surface area contributed by atoms with E-state index in [-0.39, 0.29) is 11.5 Å². The number of anilines is 2. The van der Waals surface area contributed by atoms with E-state index in [4.69, 9.17) is 5.73 Å². The summed E-state index contributed by atoms with van der Waals surface area (Å²) < 4.78 is 0. The van der Waals surface area contributed by atoms with Gasteiger partial charge in [-0.05, 0) is 12.8 Å². The molecule has 0 saturated carbocycles. The molecule has 84 valence electrons. The fourth-order valence-electron chi connectivity index (χ4n) is 1.51. The van der Waals surface area contributed by atoms with Gasteiger partial charge in [-0.15, -0.1) is 0 Å². The molecule has 0 fully saturated rings. The summed E-state index contributed by atoms with van der Waals surface area (Å²) in [5, 5.41) is 0. The Labute approximate surface area is 89.3 Å². The van der Waals surface area contributed by atoms with Gasteiger partial charge < -0.3 is 10.6 Å². The Morgan fingerprint density at radius 3 is 2.47 bits per heavy atom. The fourth-order valence-corrected chi connectivity index (χ4v) is 1.51. The molecule has 0 aromatic carbocycles. The lowest BCUT2D eigenvalue weighted by atomic mass is 10.3. The van der Waals surface area contributed by atoms with Crippen LogP contribution in [0.5, 0.6) is 0 Å². The van der Waals surface area contributed by atoms with Crippen LogP contribution in [-0.4, -0.2) is 23.1 Å². The van der Waals surface area contributed by atoms with Gasteiger partial charge >= 0.3 is 0 Å². The van der Waals surface area contributed by atoms with Gasteiger partial charge in [0.25, 0.3) is 5.56 Å². The van der Waals surface area contributed by atoms with Crippen molar-refractivity contribution in [3.8, 4) is 0 Å². The number of rotatable bonds is 5. The molecule has 0 radical (unpaired) electrons. The summed E-state index contributed by atoms with van der Waals surface area (Å²) in [6, 6.07) is 1.49. The van der Waals surface area contributed by atoms with Gasteiger partial charge in [-0.3, -0.25) is 9.78 Å². The maximum atomic E-state index is 11.2. The van der Waals surface area contributed by atoms with E-state index in [0.29, 0.717) is 5.82 Å². The Balaban J connectivity index is 2.93. The van der Waals surface area contributed by atoms with Gasteiger partial charge in [0, 0.05) is 19.2 Å². The maximum Gasteiger partial charge on any atom is 0.254 e. The molecular formula is C10H18N4O. The Bertz CT molecular complexity index is 355. The number of nitrogens with one attached hydrogen (secondary N) is 1. The molecule has 1 aromatic rings. The molecule has 0 aliphatic carbocycles. The highest BCUT2D eigenvalue weighted by Gasteiger charge is 2.07. The minimum absolute atomic E-state index is 0.176. The van der Waals surface area contributed by atoms with Crippen molar-refractivity contribution in [1.29, 1.82) is 0 Å². The predicted octanol–water partition coefficient (Wildman–Crippen LogP) is 0.978. The van der Waals surface area contributed by atoms with E-state index in [9.17, 15) is 4.79 Å². The molecule has 0 atom stereocenters. The molecule has 0 spiro atoms. The van der Waals surface area contributed by atoms with E-state index < -0.39 is 0 Å². The molecule has 1 aromatic heterocycles. The first-order chi connectivity index (χ1) is 7.17. The van der Waals surface area contributed by atoms with Crippen molar-refractivity contribution in [2.24, 2.45) is 0 Å². The summed E-state index contributed by atoms with van der Waals surface area (Å²) in [6.45, 7) is 5.98. The van der Waals surface area contributed by atoms with Crippen LogP contribution in [0.15, 0.2) is 10.9 Å². The summed E-state index contributed by atoms with van der Waals surface area (Å²) in [5.74, 6) is 0.842. The highest BCUT2D eigenvalue weighted by atomic mass is 16.1. The molecule has 0 unspecified atom stereocenters. The zero-order valence-electron chi connectivity index (χ0n) is 9.29. The van der Waals surface area contributed by atoms with Crippen molar-refractivity contribution in [1.82, 2.24) is 9.97 Å². The molecule has 15 heavy (non-hydrogen) atoms. The standard InChI is InChI=1S/C10H18N4O/c1-3-5-14(6-4-2)8-7-9(15)13-10(11)12-8/h7H,3-6H2,1-2H3,(H3,11,12,13,15). The summed E-state index contributed by atoms with van der Waals surface area (Å²) in [5.41, 5.74) is 5.30. The Morgan fingerprint density at radius 2 is 2.00 bits per heavy atom. The van der Waals surface area contributed by atoms with E-state index in [0.717, 1.165) is 25.9 Å². The normalized spacial score (nSPS) is 10.3. The van der Waals surface area contributed by atoms with Gasteiger partial charge in [-0.2, -0.15) is 4.98 Å². The van der Waals surface area contributed by atoms with Crippen LogP contribution in [0.3, 0.4) is 0 Å². The minimum atomic E-state index is -0.199. The number of hydrogen-bond acceptors (Lipinski definition) is 4. The molecule has 0 bridgehead atoms. The van der Waals surface area contributed by atoms with Crippen molar-refractivity contribution < 1.29 is 0 Å². The average Bonchev–Trinajstić information content (AvgIpc) is 2.16. The number of nitrogens with zero attached hydrogens (tertiary/aromatic N) is 2. The van der Waals surface area contributed by atoms with Crippen LogP contribution >= 0.6 is 0 Å².